The standard InChI is InChI=1S/C15H20N2O6/c18-15(19)5-3-1-2-4-11-6-7-12-13(10-11)23-17(22-12)14-8-9-20-16-21-14/h6-7,10,14,16H,1-5,8-9H2,(H,18,19). The van der Waals surface area contributed by atoms with Crippen molar-refractivity contribution in [1.29, 1.82) is 0 Å². The maximum Gasteiger partial charge on any atom is 0.303 e. The zero-order valence-electron chi connectivity index (χ0n) is 12.7. The summed E-state index contributed by atoms with van der Waals surface area (Å²) in [6.07, 6.45) is 3.91. The fourth-order valence-corrected chi connectivity index (χ4v) is 2.47. The Kier molecular flexibility index (Phi) is 5.29. The summed E-state index contributed by atoms with van der Waals surface area (Å²) in [5.41, 5.74) is 3.49. The van der Waals surface area contributed by atoms with Crippen molar-refractivity contribution in [1.82, 2.24) is 10.9 Å². The summed E-state index contributed by atoms with van der Waals surface area (Å²) in [7, 11) is 0. The molecule has 0 radical (unpaired) electrons. The molecule has 1 unspecified atom stereocenters. The van der Waals surface area contributed by atoms with Gasteiger partial charge in [0.05, 0.1) is 11.8 Å². The Morgan fingerprint density at radius 1 is 1.26 bits per heavy atom. The van der Waals surface area contributed by atoms with Crippen molar-refractivity contribution in [2.24, 2.45) is 0 Å². The number of carboxylic acid groups (broad SMARTS) is 1. The van der Waals surface area contributed by atoms with Gasteiger partial charge >= 0.3 is 5.97 Å². The smallest absolute Gasteiger partial charge is 0.303 e. The number of hydrogen-bond donors (Lipinski definition) is 2. The number of nitrogens with one attached hydrogen (secondary N) is 1. The van der Waals surface area contributed by atoms with E-state index in [-0.39, 0.29) is 12.6 Å². The number of benzene rings is 1. The average molecular weight is 324 g/mol. The van der Waals surface area contributed by atoms with Crippen LogP contribution in [0.3, 0.4) is 0 Å². The predicted octanol–water partition coefficient (Wildman–Crippen LogP) is 1.96. The first-order chi connectivity index (χ1) is 11.2. The van der Waals surface area contributed by atoms with Crippen LogP contribution in [-0.2, 0) is 20.9 Å². The molecule has 2 heterocycles. The normalized spacial score (nSPS) is 20.6. The molecule has 0 aliphatic carbocycles. The van der Waals surface area contributed by atoms with E-state index in [1.54, 1.807) is 0 Å². The number of carbonyl (C=O) groups is 1. The van der Waals surface area contributed by atoms with Crippen molar-refractivity contribution in [3.63, 3.8) is 0 Å². The van der Waals surface area contributed by atoms with E-state index in [0.717, 1.165) is 24.8 Å². The molecule has 8 nitrogen and oxygen atoms in total. The largest absolute Gasteiger partial charge is 0.481 e. The fraction of sp³-hybridized carbons (Fsp3) is 0.533. The molecule has 1 atom stereocenters. The summed E-state index contributed by atoms with van der Waals surface area (Å²) in [6.45, 7) is 0.506. The monoisotopic (exact) mass is 324 g/mol. The van der Waals surface area contributed by atoms with Crippen LogP contribution in [-0.4, -0.2) is 29.1 Å². The average Bonchev–Trinajstić information content (AvgIpc) is 2.98. The number of unbranched alkanes of at least 4 members (excludes halogenated alkanes) is 2. The highest BCUT2D eigenvalue weighted by Gasteiger charge is 2.33. The second-order valence-corrected chi connectivity index (χ2v) is 5.50. The lowest BCUT2D eigenvalue weighted by Crippen LogP contribution is -2.46. The van der Waals surface area contributed by atoms with Gasteiger partial charge in [0.15, 0.2) is 11.5 Å². The van der Waals surface area contributed by atoms with Crippen LogP contribution in [0.4, 0.5) is 0 Å². The minimum atomic E-state index is -0.738. The third-order valence-corrected chi connectivity index (χ3v) is 3.69. The number of carboxylic acids is 1. The van der Waals surface area contributed by atoms with Gasteiger partial charge in [0.2, 0.25) is 6.23 Å². The highest BCUT2D eigenvalue weighted by atomic mass is 17.0. The lowest BCUT2D eigenvalue weighted by atomic mass is 10.1. The maximum absolute atomic E-state index is 10.5. The highest BCUT2D eigenvalue weighted by molar-refractivity contribution is 5.66. The van der Waals surface area contributed by atoms with Crippen molar-refractivity contribution in [2.45, 2.75) is 44.8 Å². The van der Waals surface area contributed by atoms with Crippen LogP contribution in [0.15, 0.2) is 18.2 Å². The van der Waals surface area contributed by atoms with Gasteiger partial charge in [0.25, 0.3) is 0 Å². The van der Waals surface area contributed by atoms with Gasteiger partial charge in [-0.1, -0.05) is 18.1 Å². The van der Waals surface area contributed by atoms with Gasteiger partial charge in [0, 0.05) is 12.8 Å². The molecule has 0 aromatic heterocycles. The van der Waals surface area contributed by atoms with Crippen LogP contribution < -0.4 is 15.3 Å². The lowest BCUT2D eigenvalue weighted by Gasteiger charge is -2.26. The van der Waals surface area contributed by atoms with E-state index in [0.29, 0.717) is 30.9 Å². The van der Waals surface area contributed by atoms with Crippen molar-refractivity contribution in [3.05, 3.63) is 23.8 Å². The van der Waals surface area contributed by atoms with Gasteiger partial charge < -0.3 is 14.8 Å². The Labute approximate surface area is 133 Å². The number of fused-ring (bicyclic) bond motifs is 1. The van der Waals surface area contributed by atoms with Crippen molar-refractivity contribution < 1.29 is 29.3 Å². The molecule has 0 amide bonds. The van der Waals surface area contributed by atoms with Gasteiger partial charge in [0.1, 0.15) is 0 Å². The summed E-state index contributed by atoms with van der Waals surface area (Å²) >= 11 is 0. The number of nitrogens with zero attached hydrogens (tertiary/aromatic N) is 1. The predicted molar refractivity (Wildman–Crippen MR) is 77.9 cm³/mol. The molecule has 1 saturated heterocycles. The topological polar surface area (TPSA) is 89.5 Å². The zero-order chi connectivity index (χ0) is 16.1. The van der Waals surface area contributed by atoms with Crippen LogP contribution in [0.1, 0.15) is 37.7 Å². The van der Waals surface area contributed by atoms with Gasteiger partial charge in [-0.3, -0.25) is 14.5 Å². The van der Waals surface area contributed by atoms with Crippen LogP contribution in [0.25, 0.3) is 0 Å². The minimum absolute atomic E-state index is 0.231. The summed E-state index contributed by atoms with van der Waals surface area (Å²) in [4.78, 5) is 31.8. The Morgan fingerprint density at radius 2 is 2.13 bits per heavy atom. The van der Waals surface area contributed by atoms with Gasteiger partial charge in [-0.15, -0.1) is 0 Å². The number of hydroxylamine groups is 2. The van der Waals surface area contributed by atoms with Crippen molar-refractivity contribution in [2.75, 3.05) is 6.61 Å². The molecule has 126 valence electrons. The summed E-state index contributed by atoms with van der Waals surface area (Å²) in [5.74, 6) is 0.566. The third kappa shape index (κ3) is 4.32. The van der Waals surface area contributed by atoms with Crippen molar-refractivity contribution >= 4 is 5.97 Å². The van der Waals surface area contributed by atoms with E-state index in [4.69, 9.17) is 24.5 Å². The van der Waals surface area contributed by atoms with E-state index < -0.39 is 5.97 Å². The van der Waals surface area contributed by atoms with Gasteiger partial charge in [-0.25, -0.2) is 0 Å². The Morgan fingerprint density at radius 3 is 2.91 bits per heavy atom. The summed E-state index contributed by atoms with van der Waals surface area (Å²) < 4.78 is 0. The Balaban J connectivity index is 1.48. The second kappa shape index (κ2) is 7.60. The van der Waals surface area contributed by atoms with Crippen LogP contribution in [0.2, 0.25) is 0 Å². The van der Waals surface area contributed by atoms with E-state index in [2.05, 4.69) is 5.64 Å². The molecule has 1 fully saturated rings. The first-order valence-electron chi connectivity index (χ1n) is 7.75. The third-order valence-electron chi connectivity index (χ3n) is 3.69. The SMILES string of the molecule is O=C(O)CCCCCc1ccc2c(c1)ON(C1CCONO1)O2. The van der Waals surface area contributed by atoms with Crippen LogP contribution >= 0.6 is 0 Å². The number of aliphatic carboxylic acids is 1. The second-order valence-electron chi connectivity index (χ2n) is 5.50. The molecular formula is C15H20N2O6. The first-order valence-corrected chi connectivity index (χ1v) is 7.75. The molecule has 0 bridgehead atoms. The van der Waals surface area contributed by atoms with Crippen LogP contribution in [0.5, 0.6) is 11.5 Å². The molecule has 2 aliphatic heterocycles. The van der Waals surface area contributed by atoms with Crippen LogP contribution in [0, 0.1) is 0 Å². The molecule has 0 saturated carbocycles. The maximum atomic E-state index is 10.5. The fourth-order valence-electron chi connectivity index (χ4n) is 2.47. The van der Waals surface area contributed by atoms with Gasteiger partial charge in [-0.05, 0) is 37.0 Å². The molecule has 0 spiro atoms. The molecule has 23 heavy (non-hydrogen) atoms. The molecule has 1 aromatic rings. The lowest BCUT2D eigenvalue weighted by molar-refractivity contribution is -0.376. The van der Waals surface area contributed by atoms with E-state index in [1.807, 2.05) is 18.2 Å². The minimum Gasteiger partial charge on any atom is -0.481 e. The summed E-state index contributed by atoms with van der Waals surface area (Å²) in [6, 6.07) is 5.81. The molecule has 8 heteroatoms. The van der Waals surface area contributed by atoms with E-state index in [9.17, 15) is 4.79 Å². The van der Waals surface area contributed by atoms with E-state index >= 15 is 0 Å². The Bertz CT molecular complexity index is 547. The Hall–Kier alpha value is -1.87. The number of aryl methyl sites for hydroxylation is 1. The number of hydrogen-bond acceptors (Lipinski definition) is 7. The zero-order valence-corrected chi connectivity index (χ0v) is 12.7. The quantitative estimate of drug-likeness (QED) is 0.736. The summed E-state index contributed by atoms with van der Waals surface area (Å²) in [5, 5.41) is 9.93. The molecule has 2 N–H and O–H groups in total. The van der Waals surface area contributed by atoms with E-state index in [1.165, 1.54) is 5.23 Å². The number of rotatable bonds is 7. The molecule has 1 aromatic carbocycles. The molecular weight excluding hydrogens is 304 g/mol. The first kappa shape index (κ1) is 16.0. The van der Waals surface area contributed by atoms with Gasteiger partial charge in [-0.2, -0.15) is 0 Å². The van der Waals surface area contributed by atoms with Crippen molar-refractivity contribution in [3.8, 4) is 11.5 Å². The molecule has 3 rings (SSSR count). The highest BCUT2D eigenvalue weighted by Crippen LogP contribution is 2.36. The molecule has 2 aliphatic rings.